The lowest BCUT2D eigenvalue weighted by molar-refractivity contribution is -0.0654. The van der Waals surface area contributed by atoms with E-state index in [9.17, 15) is 30.0 Å². The summed E-state index contributed by atoms with van der Waals surface area (Å²) in [6.45, 7) is 1.01. The first kappa shape index (κ1) is 22.5. The van der Waals surface area contributed by atoms with Crippen LogP contribution < -0.4 is 4.74 Å². The van der Waals surface area contributed by atoms with Gasteiger partial charge in [0, 0.05) is 6.42 Å². The number of benzene rings is 2. The zero-order valence-electron chi connectivity index (χ0n) is 15.5. The van der Waals surface area contributed by atoms with Gasteiger partial charge in [0.25, 0.3) is 10.1 Å². The van der Waals surface area contributed by atoms with Crippen LogP contribution in [0, 0.1) is 6.92 Å². The summed E-state index contributed by atoms with van der Waals surface area (Å²) in [6.07, 6.45) is -3.30. The molecule has 0 aliphatic carbocycles. The van der Waals surface area contributed by atoms with E-state index in [0.717, 1.165) is 5.56 Å². The third-order valence-electron chi connectivity index (χ3n) is 4.32. The summed E-state index contributed by atoms with van der Waals surface area (Å²) in [7, 11) is -10.2. The summed E-state index contributed by atoms with van der Waals surface area (Å²) in [5.41, 5.74) is -4.41. The highest BCUT2D eigenvalue weighted by Crippen LogP contribution is 2.33. The molecule has 0 bridgehead atoms. The maximum atomic E-state index is 12.8. The molecule has 0 N–H and O–H groups in total. The molecule has 3 rings (SSSR count). The van der Waals surface area contributed by atoms with Gasteiger partial charge in [0.15, 0.2) is 6.10 Å². The molecule has 2 atom stereocenters. The van der Waals surface area contributed by atoms with Crippen LogP contribution in [0.1, 0.15) is 11.1 Å². The minimum atomic E-state index is -5.93. The number of aryl methyl sites for hydroxylation is 1. The van der Waals surface area contributed by atoms with Crippen molar-refractivity contribution in [2.75, 3.05) is 6.61 Å². The van der Waals surface area contributed by atoms with Crippen molar-refractivity contribution in [3.8, 4) is 5.75 Å². The largest absolute Gasteiger partial charge is 0.523 e. The Balaban J connectivity index is 1.83. The van der Waals surface area contributed by atoms with Crippen molar-refractivity contribution >= 4 is 20.2 Å². The predicted octanol–water partition coefficient (Wildman–Crippen LogP) is 2.94. The van der Waals surface area contributed by atoms with E-state index in [-0.39, 0.29) is 17.1 Å². The summed E-state index contributed by atoms with van der Waals surface area (Å²) >= 11 is 0. The molecule has 1 heterocycles. The Bertz CT molecular complexity index is 1110. The Hall–Kier alpha value is -2.15. The van der Waals surface area contributed by atoms with Gasteiger partial charge in [-0.3, -0.25) is 8.37 Å². The number of alkyl halides is 3. The number of hydrogen-bond acceptors (Lipinski definition) is 7. The Morgan fingerprint density at radius 2 is 1.67 bits per heavy atom. The predicted molar refractivity (Wildman–Crippen MR) is 98.7 cm³/mol. The molecule has 0 unspecified atom stereocenters. The van der Waals surface area contributed by atoms with Crippen molar-refractivity contribution in [3.63, 3.8) is 0 Å². The van der Waals surface area contributed by atoms with Gasteiger partial charge in [-0.2, -0.15) is 30.0 Å². The fourth-order valence-electron chi connectivity index (χ4n) is 2.76. The summed E-state index contributed by atoms with van der Waals surface area (Å²) in [4.78, 5) is -0.162. The SMILES string of the molecule is Cc1ccc(S(=O)(=O)OC[C@H]2Oc3ccccc3C[C@@H]2OS(=O)(=O)C(F)(F)F)cc1. The first-order valence-electron chi connectivity index (χ1n) is 8.59. The van der Waals surface area contributed by atoms with Crippen LogP contribution in [0.15, 0.2) is 53.4 Å². The van der Waals surface area contributed by atoms with Crippen LogP contribution in [0.3, 0.4) is 0 Å². The van der Waals surface area contributed by atoms with E-state index in [2.05, 4.69) is 4.18 Å². The molecule has 7 nitrogen and oxygen atoms in total. The quantitative estimate of drug-likeness (QED) is 0.477. The Kier molecular flexibility index (Phi) is 6.14. The van der Waals surface area contributed by atoms with E-state index in [1.807, 2.05) is 0 Å². The van der Waals surface area contributed by atoms with E-state index in [0.29, 0.717) is 5.56 Å². The van der Waals surface area contributed by atoms with Crippen LogP contribution in [-0.2, 0) is 35.0 Å². The van der Waals surface area contributed by atoms with E-state index >= 15 is 0 Å². The molecule has 0 fully saturated rings. The zero-order valence-corrected chi connectivity index (χ0v) is 17.1. The van der Waals surface area contributed by atoms with Gasteiger partial charge in [-0.1, -0.05) is 35.9 Å². The standard InChI is InChI=1S/C18H17F3O7S2/c1-12-6-8-14(9-7-12)29(22,23)26-11-17-16(28-30(24,25)18(19,20)21)10-13-4-2-3-5-15(13)27-17/h2-9,16-17H,10-11H2,1H3/t16-,17+/m0/s1. The molecule has 0 saturated heterocycles. The second-order valence-electron chi connectivity index (χ2n) is 6.55. The third kappa shape index (κ3) is 4.94. The first-order chi connectivity index (χ1) is 13.9. The van der Waals surface area contributed by atoms with Crippen LogP contribution in [0.5, 0.6) is 5.75 Å². The highest BCUT2D eigenvalue weighted by atomic mass is 32.2. The number of ether oxygens (including phenoxy) is 1. The highest BCUT2D eigenvalue weighted by Gasteiger charge is 2.50. The van der Waals surface area contributed by atoms with Crippen molar-refractivity contribution < 1.29 is 43.1 Å². The Morgan fingerprint density at radius 1 is 1.03 bits per heavy atom. The fraction of sp³-hybridized carbons (Fsp3) is 0.333. The lowest BCUT2D eigenvalue weighted by atomic mass is 10.00. The van der Waals surface area contributed by atoms with E-state index in [4.69, 9.17) is 8.92 Å². The van der Waals surface area contributed by atoms with Crippen LogP contribution >= 0.6 is 0 Å². The summed E-state index contributed by atoms with van der Waals surface area (Å²) in [5, 5.41) is 0. The van der Waals surface area contributed by atoms with Gasteiger partial charge >= 0.3 is 15.6 Å². The van der Waals surface area contributed by atoms with Gasteiger partial charge in [-0.15, -0.1) is 0 Å². The smallest absolute Gasteiger partial charge is 0.485 e. The molecule has 0 spiro atoms. The minimum absolute atomic E-state index is 0.162. The molecule has 0 saturated carbocycles. The molecule has 1 aliphatic heterocycles. The van der Waals surface area contributed by atoms with Crippen LogP contribution in [0.4, 0.5) is 13.2 Å². The van der Waals surface area contributed by atoms with Gasteiger partial charge in [-0.05, 0) is 30.7 Å². The van der Waals surface area contributed by atoms with E-state index in [1.165, 1.54) is 24.3 Å². The van der Waals surface area contributed by atoms with E-state index < -0.39 is 44.6 Å². The van der Waals surface area contributed by atoms with Crippen molar-refractivity contribution in [1.82, 2.24) is 0 Å². The average molecular weight is 466 g/mol. The Morgan fingerprint density at radius 3 is 2.30 bits per heavy atom. The third-order valence-corrected chi connectivity index (χ3v) is 6.68. The maximum absolute atomic E-state index is 12.8. The van der Waals surface area contributed by atoms with Gasteiger partial charge in [0.05, 0.1) is 4.90 Å². The number of para-hydroxylation sites is 1. The number of halogens is 3. The number of fused-ring (bicyclic) bond motifs is 1. The van der Waals surface area contributed by atoms with Crippen molar-refractivity contribution in [3.05, 3.63) is 59.7 Å². The van der Waals surface area contributed by atoms with Crippen molar-refractivity contribution in [2.45, 2.75) is 36.0 Å². The molecule has 0 aromatic heterocycles. The second kappa shape index (κ2) is 8.17. The van der Waals surface area contributed by atoms with Crippen molar-refractivity contribution in [2.24, 2.45) is 0 Å². The second-order valence-corrected chi connectivity index (χ2v) is 9.73. The van der Waals surface area contributed by atoms with Crippen LogP contribution in [-0.4, -0.2) is 41.2 Å². The summed E-state index contributed by atoms with van der Waals surface area (Å²) in [6, 6.07) is 12.0. The Labute approximate surface area is 171 Å². The van der Waals surface area contributed by atoms with Gasteiger partial charge in [0.1, 0.15) is 18.5 Å². The molecule has 2 aromatic rings. The molecule has 0 amide bonds. The molecule has 12 heteroatoms. The summed E-state index contributed by atoms with van der Waals surface area (Å²) in [5.74, 6) is 0.267. The lowest BCUT2D eigenvalue weighted by Gasteiger charge is -2.32. The van der Waals surface area contributed by atoms with Crippen LogP contribution in [0.25, 0.3) is 0 Å². The van der Waals surface area contributed by atoms with Crippen LogP contribution in [0.2, 0.25) is 0 Å². The number of hydrogen-bond donors (Lipinski definition) is 0. The topological polar surface area (TPSA) is 96.0 Å². The monoisotopic (exact) mass is 466 g/mol. The minimum Gasteiger partial charge on any atom is -0.485 e. The lowest BCUT2D eigenvalue weighted by Crippen LogP contribution is -2.45. The maximum Gasteiger partial charge on any atom is 0.523 e. The van der Waals surface area contributed by atoms with E-state index in [1.54, 1.807) is 31.2 Å². The normalized spacial score (nSPS) is 19.7. The molecule has 30 heavy (non-hydrogen) atoms. The first-order valence-corrected chi connectivity index (χ1v) is 11.4. The summed E-state index contributed by atoms with van der Waals surface area (Å²) < 4.78 is 101. The zero-order chi connectivity index (χ0) is 22.2. The average Bonchev–Trinajstić information content (AvgIpc) is 2.65. The molecule has 164 valence electrons. The fourth-order valence-corrected chi connectivity index (χ4v) is 4.30. The number of rotatable bonds is 6. The van der Waals surface area contributed by atoms with Gasteiger partial charge in [-0.25, -0.2) is 0 Å². The molecule has 2 aromatic carbocycles. The highest BCUT2D eigenvalue weighted by molar-refractivity contribution is 7.87. The van der Waals surface area contributed by atoms with Gasteiger partial charge < -0.3 is 4.74 Å². The van der Waals surface area contributed by atoms with Gasteiger partial charge in [0.2, 0.25) is 0 Å². The molecule has 0 radical (unpaired) electrons. The van der Waals surface area contributed by atoms with Crippen molar-refractivity contribution in [1.29, 1.82) is 0 Å². The molecule has 1 aliphatic rings. The molecular weight excluding hydrogens is 449 g/mol. The molecular formula is C18H17F3O7S2.